The molecule has 0 aliphatic rings. The fourth-order valence-corrected chi connectivity index (χ4v) is 1.45. The molecule has 18 heavy (non-hydrogen) atoms. The van der Waals surface area contributed by atoms with Crippen LogP contribution in [0.2, 0.25) is 0 Å². The number of anilines is 1. The van der Waals surface area contributed by atoms with Crippen LogP contribution in [0.25, 0.3) is 0 Å². The molecule has 0 aliphatic heterocycles. The normalized spacial score (nSPS) is 9.94. The van der Waals surface area contributed by atoms with Crippen molar-refractivity contribution in [3.8, 4) is 0 Å². The van der Waals surface area contributed by atoms with Gasteiger partial charge in [0.1, 0.15) is 5.82 Å². The van der Waals surface area contributed by atoms with Crippen molar-refractivity contribution < 1.29 is 9.59 Å². The maximum absolute atomic E-state index is 11.8. The molecule has 0 saturated carbocycles. The summed E-state index contributed by atoms with van der Waals surface area (Å²) in [6.07, 6.45) is 3.45. The molecule has 5 nitrogen and oxygen atoms in total. The van der Waals surface area contributed by atoms with Crippen LogP contribution >= 0.6 is 0 Å². The molecule has 0 saturated heterocycles. The van der Waals surface area contributed by atoms with Crippen molar-refractivity contribution in [1.29, 1.82) is 0 Å². The smallest absolute Gasteiger partial charge is 0.315 e. The molecular formula is C13H19N3O2. The molecular weight excluding hydrogens is 230 g/mol. The topological polar surface area (TPSA) is 62.3 Å². The summed E-state index contributed by atoms with van der Waals surface area (Å²) < 4.78 is 0. The Morgan fingerprint density at radius 3 is 2.78 bits per heavy atom. The van der Waals surface area contributed by atoms with Crippen molar-refractivity contribution in [2.75, 3.05) is 18.9 Å². The number of nitrogens with zero attached hydrogens (tertiary/aromatic N) is 2. The van der Waals surface area contributed by atoms with Crippen LogP contribution in [0.5, 0.6) is 0 Å². The molecule has 1 heterocycles. The number of aryl methyl sites for hydroxylation is 1. The highest BCUT2D eigenvalue weighted by molar-refractivity contribution is 6.39. The molecule has 0 bridgehead atoms. The van der Waals surface area contributed by atoms with Gasteiger partial charge in [-0.25, -0.2) is 4.98 Å². The molecule has 0 radical (unpaired) electrons. The summed E-state index contributed by atoms with van der Waals surface area (Å²) in [5.41, 5.74) is 0.829. The second-order valence-electron chi connectivity index (χ2n) is 4.20. The molecule has 1 N–H and O–H groups in total. The van der Waals surface area contributed by atoms with Gasteiger partial charge in [-0.1, -0.05) is 19.4 Å². The summed E-state index contributed by atoms with van der Waals surface area (Å²) in [6.45, 7) is 4.45. The lowest BCUT2D eigenvalue weighted by Crippen LogP contribution is -2.37. The maximum Gasteiger partial charge on any atom is 0.315 e. The van der Waals surface area contributed by atoms with Gasteiger partial charge in [0.25, 0.3) is 0 Å². The first-order valence-electron chi connectivity index (χ1n) is 6.04. The van der Waals surface area contributed by atoms with Gasteiger partial charge >= 0.3 is 11.8 Å². The van der Waals surface area contributed by atoms with E-state index in [9.17, 15) is 9.59 Å². The minimum atomic E-state index is -0.643. The van der Waals surface area contributed by atoms with Gasteiger partial charge in [0.15, 0.2) is 0 Å². The zero-order valence-corrected chi connectivity index (χ0v) is 11.1. The number of carbonyl (C=O) groups is 2. The Balaban J connectivity index is 2.60. The number of aromatic nitrogens is 1. The SMILES string of the molecule is CCCCN(C)C(=O)C(=O)Nc1ncccc1C. The van der Waals surface area contributed by atoms with Crippen LogP contribution in [-0.4, -0.2) is 35.3 Å². The third-order valence-corrected chi connectivity index (χ3v) is 2.63. The highest BCUT2D eigenvalue weighted by Gasteiger charge is 2.19. The predicted octanol–water partition coefficient (Wildman–Crippen LogP) is 1.59. The molecule has 2 amide bonds. The Kier molecular flexibility index (Phi) is 5.30. The quantitative estimate of drug-likeness (QED) is 0.824. The van der Waals surface area contributed by atoms with E-state index in [2.05, 4.69) is 10.3 Å². The fourth-order valence-electron chi connectivity index (χ4n) is 1.45. The first-order valence-corrected chi connectivity index (χ1v) is 6.04. The monoisotopic (exact) mass is 249 g/mol. The standard InChI is InChI=1S/C13H19N3O2/c1-4-5-9-16(3)13(18)12(17)15-11-10(2)7-6-8-14-11/h6-8H,4-5,9H2,1-3H3,(H,14,15,17). The minimum Gasteiger partial charge on any atom is -0.338 e. The number of unbranched alkanes of at least 4 members (excludes halogenated alkanes) is 1. The summed E-state index contributed by atoms with van der Waals surface area (Å²) in [6, 6.07) is 3.61. The summed E-state index contributed by atoms with van der Waals surface area (Å²) in [7, 11) is 1.63. The fraction of sp³-hybridized carbons (Fsp3) is 0.462. The van der Waals surface area contributed by atoms with Crippen molar-refractivity contribution in [3.63, 3.8) is 0 Å². The van der Waals surface area contributed by atoms with E-state index in [0.717, 1.165) is 18.4 Å². The number of likely N-dealkylation sites (N-methyl/N-ethyl adjacent to an activating group) is 1. The Hall–Kier alpha value is -1.91. The Labute approximate surface area is 107 Å². The lowest BCUT2D eigenvalue weighted by Gasteiger charge is -2.16. The summed E-state index contributed by atoms with van der Waals surface area (Å²) in [5.74, 6) is -0.747. The highest BCUT2D eigenvalue weighted by atomic mass is 16.2. The first-order chi connectivity index (χ1) is 8.56. The molecule has 0 aliphatic carbocycles. The summed E-state index contributed by atoms with van der Waals surface area (Å²) in [5, 5.41) is 2.53. The van der Waals surface area contributed by atoms with Crippen LogP contribution in [0, 0.1) is 6.92 Å². The third-order valence-electron chi connectivity index (χ3n) is 2.63. The maximum atomic E-state index is 11.8. The number of rotatable bonds is 4. The lowest BCUT2D eigenvalue weighted by molar-refractivity contribution is -0.142. The van der Waals surface area contributed by atoms with Gasteiger partial charge < -0.3 is 10.2 Å². The Bertz CT molecular complexity index is 432. The van der Waals surface area contributed by atoms with E-state index in [1.165, 1.54) is 4.90 Å². The number of carbonyl (C=O) groups excluding carboxylic acids is 2. The van der Waals surface area contributed by atoms with Crippen molar-refractivity contribution >= 4 is 17.6 Å². The molecule has 0 aromatic carbocycles. The average molecular weight is 249 g/mol. The lowest BCUT2D eigenvalue weighted by atomic mass is 10.3. The molecule has 98 valence electrons. The second kappa shape index (κ2) is 6.74. The molecule has 0 fully saturated rings. The average Bonchev–Trinajstić information content (AvgIpc) is 2.37. The molecule has 0 unspecified atom stereocenters. The van der Waals surface area contributed by atoms with Gasteiger partial charge in [0, 0.05) is 19.8 Å². The summed E-state index contributed by atoms with van der Waals surface area (Å²) >= 11 is 0. The van der Waals surface area contributed by atoms with E-state index < -0.39 is 11.8 Å². The number of amides is 2. The van der Waals surface area contributed by atoms with Crippen molar-refractivity contribution in [1.82, 2.24) is 9.88 Å². The van der Waals surface area contributed by atoms with E-state index in [4.69, 9.17) is 0 Å². The highest BCUT2D eigenvalue weighted by Crippen LogP contribution is 2.09. The predicted molar refractivity (Wildman–Crippen MR) is 70.1 cm³/mol. The van der Waals surface area contributed by atoms with Crippen LogP contribution in [0.3, 0.4) is 0 Å². The molecule has 5 heteroatoms. The zero-order valence-electron chi connectivity index (χ0n) is 11.1. The molecule has 1 rings (SSSR count). The van der Waals surface area contributed by atoms with E-state index in [0.29, 0.717) is 12.4 Å². The Morgan fingerprint density at radius 2 is 2.17 bits per heavy atom. The van der Waals surface area contributed by atoms with E-state index >= 15 is 0 Å². The van der Waals surface area contributed by atoms with Crippen LogP contribution in [0.1, 0.15) is 25.3 Å². The molecule has 1 aromatic heterocycles. The van der Waals surface area contributed by atoms with Gasteiger partial charge in [-0.3, -0.25) is 9.59 Å². The molecule has 0 atom stereocenters. The van der Waals surface area contributed by atoms with E-state index in [-0.39, 0.29) is 0 Å². The third kappa shape index (κ3) is 3.84. The van der Waals surface area contributed by atoms with Gasteiger partial charge in [-0.15, -0.1) is 0 Å². The minimum absolute atomic E-state index is 0.430. The van der Waals surface area contributed by atoms with Crippen molar-refractivity contribution in [2.45, 2.75) is 26.7 Å². The van der Waals surface area contributed by atoms with E-state index in [1.807, 2.05) is 19.9 Å². The summed E-state index contributed by atoms with van der Waals surface area (Å²) in [4.78, 5) is 28.9. The number of hydrogen-bond acceptors (Lipinski definition) is 3. The van der Waals surface area contributed by atoms with Crippen LogP contribution in [0.4, 0.5) is 5.82 Å². The first kappa shape index (κ1) is 14.2. The number of hydrogen-bond donors (Lipinski definition) is 1. The zero-order chi connectivity index (χ0) is 13.5. The second-order valence-corrected chi connectivity index (χ2v) is 4.20. The van der Waals surface area contributed by atoms with Gasteiger partial charge in [-0.2, -0.15) is 0 Å². The number of nitrogens with one attached hydrogen (secondary N) is 1. The van der Waals surface area contributed by atoms with E-state index in [1.54, 1.807) is 19.3 Å². The molecule has 1 aromatic rings. The molecule has 0 spiro atoms. The van der Waals surface area contributed by atoms with Crippen molar-refractivity contribution in [3.05, 3.63) is 23.9 Å². The van der Waals surface area contributed by atoms with Crippen molar-refractivity contribution in [2.24, 2.45) is 0 Å². The van der Waals surface area contributed by atoms with Crippen LogP contribution in [-0.2, 0) is 9.59 Å². The van der Waals surface area contributed by atoms with Crippen LogP contribution < -0.4 is 5.32 Å². The van der Waals surface area contributed by atoms with Gasteiger partial charge in [-0.05, 0) is 25.0 Å². The van der Waals surface area contributed by atoms with Gasteiger partial charge in [0.2, 0.25) is 0 Å². The largest absolute Gasteiger partial charge is 0.338 e. The van der Waals surface area contributed by atoms with Crippen LogP contribution in [0.15, 0.2) is 18.3 Å². The van der Waals surface area contributed by atoms with Gasteiger partial charge in [0.05, 0.1) is 0 Å². The number of pyridine rings is 1. The Morgan fingerprint density at radius 1 is 1.44 bits per heavy atom.